The molecule has 0 saturated heterocycles. The monoisotopic (exact) mass is 273 g/mol. The van der Waals surface area contributed by atoms with Crippen LogP contribution in [0.1, 0.15) is 24.9 Å². The largest absolute Gasteiger partial charge is 0.495 e. The third kappa shape index (κ3) is 2.54. The van der Waals surface area contributed by atoms with E-state index in [-0.39, 0.29) is 6.04 Å². The molecule has 0 heterocycles. The molecular weight excluding hydrogens is 257 g/mol. The number of rotatable bonds is 4. The van der Waals surface area contributed by atoms with Crippen molar-refractivity contribution < 1.29 is 4.74 Å². The Balaban J connectivity index is 2.34. The average Bonchev–Trinajstić information content (AvgIpc) is 3.01. The van der Waals surface area contributed by atoms with Crippen molar-refractivity contribution in [3.05, 3.63) is 27.7 Å². The lowest BCUT2D eigenvalue weighted by Gasteiger charge is -2.19. The summed E-state index contributed by atoms with van der Waals surface area (Å²) in [5.74, 6) is 2.03. The number of hydrogen-bond acceptors (Lipinski definition) is 2. The van der Waals surface area contributed by atoms with Gasteiger partial charge in [-0.1, -0.05) is 30.1 Å². The summed E-state index contributed by atoms with van der Waals surface area (Å²) in [7, 11) is 3.56. The van der Waals surface area contributed by atoms with Crippen LogP contribution >= 0.6 is 23.2 Å². The zero-order valence-electron chi connectivity index (χ0n) is 10.3. The molecule has 1 aliphatic carbocycles. The average molecular weight is 274 g/mol. The molecule has 0 aliphatic heterocycles. The summed E-state index contributed by atoms with van der Waals surface area (Å²) in [6, 6.07) is 3.98. The molecule has 0 bridgehead atoms. The van der Waals surface area contributed by atoms with E-state index >= 15 is 0 Å². The van der Waals surface area contributed by atoms with Crippen LogP contribution in [0.4, 0.5) is 0 Å². The number of methoxy groups -OCH3 is 1. The molecule has 3 unspecified atom stereocenters. The fourth-order valence-corrected chi connectivity index (χ4v) is 2.87. The Labute approximate surface area is 112 Å². The third-order valence-corrected chi connectivity index (χ3v) is 4.14. The predicted molar refractivity (Wildman–Crippen MR) is 72.1 cm³/mol. The summed E-state index contributed by atoms with van der Waals surface area (Å²) >= 11 is 12.4. The van der Waals surface area contributed by atoms with Crippen molar-refractivity contribution in [1.82, 2.24) is 5.32 Å². The van der Waals surface area contributed by atoms with Crippen LogP contribution < -0.4 is 10.1 Å². The highest BCUT2D eigenvalue weighted by molar-refractivity contribution is 6.34. The molecule has 0 aromatic heterocycles. The molecule has 2 rings (SSSR count). The molecule has 1 saturated carbocycles. The minimum absolute atomic E-state index is 0.279. The van der Waals surface area contributed by atoms with Gasteiger partial charge in [-0.25, -0.2) is 0 Å². The zero-order chi connectivity index (χ0) is 12.6. The van der Waals surface area contributed by atoms with Gasteiger partial charge in [0.15, 0.2) is 0 Å². The number of benzene rings is 1. The molecule has 0 radical (unpaired) electrons. The van der Waals surface area contributed by atoms with Gasteiger partial charge in [0.05, 0.1) is 12.1 Å². The smallest absolute Gasteiger partial charge is 0.138 e. The highest BCUT2D eigenvalue weighted by Gasteiger charge is 2.40. The minimum Gasteiger partial charge on any atom is -0.495 e. The van der Waals surface area contributed by atoms with Crippen molar-refractivity contribution in [2.24, 2.45) is 11.8 Å². The van der Waals surface area contributed by atoms with Crippen molar-refractivity contribution in [3.63, 3.8) is 0 Å². The molecule has 1 N–H and O–H groups in total. The van der Waals surface area contributed by atoms with Crippen molar-refractivity contribution in [2.75, 3.05) is 14.2 Å². The number of ether oxygens (including phenoxy) is 1. The van der Waals surface area contributed by atoms with Crippen LogP contribution in [0.2, 0.25) is 10.0 Å². The molecule has 3 atom stereocenters. The molecule has 2 nitrogen and oxygen atoms in total. The van der Waals surface area contributed by atoms with Gasteiger partial charge in [0.25, 0.3) is 0 Å². The first-order valence-electron chi connectivity index (χ1n) is 5.78. The van der Waals surface area contributed by atoms with Gasteiger partial charge in [-0.05, 0) is 36.9 Å². The Morgan fingerprint density at radius 1 is 1.35 bits per heavy atom. The Bertz CT molecular complexity index is 422. The van der Waals surface area contributed by atoms with Gasteiger partial charge in [0.2, 0.25) is 0 Å². The van der Waals surface area contributed by atoms with Gasteiger partial charge in [-0.15, -0.1) is 0 Å². The molecule has 0 amide bonds. The molecule has 17 heavy (non-hydrogen) atoms. The van der Waals surface area contributed by atoms with Gasteiger partial charge in [-0.2, -0.15) is 0 Å². The molecule has 94 valence electrons. The molecular formula is C13H17Cl2NO. The van der Waals surface area contributed by atoms with E-state index < -0.39 is 0 Å². The van der Waals surface area contributed by atoms with Crippen LogP contribution in [0.3, 0.4) is 0 Å². The summed E-state index contributed by atoms with van der Waals surface area (Å²) in [6.07, 6.45) is 1.24. The normalized spacial score (nSPS) is 24.5. The fourth-order valence-electron chi connectivity index (χ4n) is 2.35. The third-order valence-electron chi connectivity index (χ3n) is 3.52. The Morgan fingerprint density at radius 3 is 2.47 bits per heavy atom. The summed E-state index contributed by atoms with van der Waals surface area (Å²) in [5.41, 5.74) is 1.06. The van der Waals surface area contributed by atoms with Crippen molar-refractivity contribution >= 4 is 23.2 Å². The first-order chi connectivity index (χ1) is 8.08. The second-order valence-corrected chi connectivity index (χ2v) is 5.47. The minimum atomic E-state index is 0.279. The highest BCUT2D eigenvalue weighted by atomic mass is 35.5. The van der Waals surface area contributed by atoms with Crippen LogP contribution in [0.25, 0.3) is 0 Å². The maximum absolute atomic E-state index is 6.29. The van der Waals surface area contributed by atoms with Crippen molar-refractivity contribution in [3.8, 4) is 5.75 Å². The lowest BCUT2D eigenvalue weighted by molar-refractivity contribution is 0.414. The van der Waals surface area contributed by atoms with Gasteiger partial charge < -0.3 is 10.1 Å². The van der Waals surface area contributed by atoms with E-state index in [4.69, 9.17) is 27.9 Å². The Kier molecular flexibility index (Phi) is 3.86. The Hall–Kier alpha value is -0.440. The van der Waals surface area contributed by atoms with E-state index in [1.165, 1.54) is 6.42 Å². The van der Waals surface area contributed by atoms with Gasteiger partial charge in [0, 0.05) is 17.1 Å². The van der Waals surface area contributed by atoms with Crippen LogP contribution in [-0.4, -0.2) is 14.2 Å². The number of nitrogens with one attached hydrogen (secondary N) is 1. The summed E-state index contributed by atoms with van der Waals surface area (Å²) < 4.78 is 5.15. The number of halogens is 2. The highest BCUT2D eigenvalue weighted by Crippen LogP contribution is 2.49. The quantitative estimate of drug-likeness (QED) is 0.898. The summed E-state index contributed by atoms with van der Waals surface area (Å²) in [5, 5.41) is 4.66. The predicted octanol–water partition coefficient (Wildman–Crippen LogP) is 3.92. The van der Waals surface area contributed by atoms with E-state index in [0.29, 0.717) is 21.7 Å². The maximum Gasteiger partial charge on any atom is 0.138 e. The van der Waals surface area contributed by atoms with Crippen LogP contribution in [0, 0.1) is 11.8 Å². The molecule has 1 aromatic carbocycles. The molecule has 1 fully saturated rings. The maximum atomic E-state index is 6.29. The topological polar surface area (TPSA) is 21.3 Å². The van der Waals surface area contributed by atoms with E-state index in [9.17, 15) is 0 Å². The number of hydrogen-bond donors (Lipinski definition) is 1. The standard InChI is InChI=1S/C13H17Cl2NO/c1-7-4-8(7)13(16-2)9-5-11(15)12(17-3)6-10(9)14/h5-8,13,16H,4H2,1-3H3. The second-order valence-electron chi connectivity index (χ2n) is 4.65. The molecule has 0 spiro atoms. The molecule has 1 aromatic rings. The van der Waals surface area contributed by atoms with E-state index in [1.807, 2.05) is 13.1 Å². The molecule has 4 heteroatoms. The lowest BCUT2D eigenvalue weighted by atomic mass is 10.0. The van der Waals surface area contributed by atoms with Crippen molar-refractivity contribution in [1.29, 1.82) is 0 Å². The van der Waals surface area contributed by atoms with E-state index in [2.05, 4.69) is 12.2 Å². The van der Waals surface area contributed by atoms with E-state index in [0.717, 1.165) is 11.5 Å². The first-order valence-corrected chi connectivity index (χ1v) is 6.54. The molecule has 1 aliphatic rings. The zero-order valence-corrected chi connectivity index (χ0v) is 11.8. The first kappa shape index (κ1) is 13.0. The van der Waals surface area contributed by atoms with Crippen LogP contribution in [0.5, 0.6) is 5.75 Å². The lowest BCUT2D eigenvalue weighted by Crippen LogP contribution is -2.19. The van der Waals surface area contributed by atoms with Crippen LogP contribution in [0.15, 0.2) is 12.1 Å². The van der Waals surface area contributed by atoms with E-state index in [1.54, 1.807) is 13.2 Å². The van der Waals surface area contributed by atoms with Crippen LogP contribution in [-0.2, 0) is 0 Å². The fraction of sp³-hybridized carbons (Fsp3) is 0.538. The summed E-state index contributed by atoms with van der Waals surface area (Å²) in [6.45, 7) is 2.26. The van der Waals surface area contributed by atoms with Gasteiger partial charge in [-0.3, -0.25) is 0 Å². The SMILES string of the molecule is CNC(c1cc(Cl)c(OC)cc1Cl)C1CC1C. The van der Waals surface area contributed by atoms with Gasteiger partial charge in [0.1, 0.15) is 5.75 Å². The van der Waals surface area contributed by atoms with Gasteiger partial charge >= 0.3 is 0 Å². The Morgan fingerprint density at radius 2 is 2.00 bits per heavy atom. The summed E-state index contributed by atoms with van der Waals surface area (Å²) in [4.78, 5) is 0. The second kappa shape index (κ2) is 5.05. The van der Waals surface area contributed by atoms with Crippen molar-refractivity contribution in [2.45, 2.75) is 19.4 Å².